The maximum atomic E-state index is 13.2. The van der Waals surface area contributed by atoms with Gasteiger partial charge in [-0.05, 0) is 43.7 Å². The van der Waals surface area contributed by atoms with Crippen LogP contribution in [-0.4, -0.2) is 18.4 Å². The Bertz CT molecular complexity index is 597. The molecule has 1 aromatic carbocycles. The minimum absolute atomic E-state index is 0.0453. The summed E-state index contributed by atoms with van der Waals surface area (Å²) < 4.78 is 26.1. The van der Waals surface area contributed by atoms with Gasteiger partial charge in [-0.2, -0.15) is 0 Å². The van der Waals surface area contributed by atoms with Crippen molar-refractivity contribution in [2.24, 2.45) is 17.8 Å². The second-order valence-corrected chi connectivity index (χ2v) is 6.81. The number of carbonyl (C=O) groups excluding carboxylic acids is 2. The van der Waals surface area contributed by atoms with Crippen molar-refractivity contribution in [3.63, 3.8) is 0 Å². The molecule has 24 heavy (non-hydrogen) atoms. The zero-order chi connectivity index (χ0) is 17.7. The van der Waals surface area contributed by atoms with Crippen LogP contribution in [0.5, 0.6) is 0 Å². The highest BCUT2D eigenvalue weighted by Crippen LogP contribution is 2.30. The Morgan fingerprint density at radius 2 is 1.62 bits per heavy atom. The van der Waals surface area contributed by atoms with Crippen molar-refractivity contribution in [1.29, 1.82) is 0 Å². The molecular weight excluding hydrogens is 314 g/mol. The topological polar surface area (TPSA) is 58.2 Å². The van der Waals surface area contributed by atoms with Gasteiger partial charge in [0, 0.05) is 30.1 Å². The van der Waals surface area contributed by atoms with Crippen molar-refractivity contribution in [2.45, 2.75) is 39.5 Å². The number of benzene rings is 1. The predicted molar refractivity (Wildman–Crippen MR) is 88.3 cm³/mol. The molecule has 0 atom stereocenters. The lowest BCUT2D eigenvalue weighted by Crippen LogP contribution is -2.37. The molecule has 2 rings (SSSR count). The third-order valence-corrected chi connectivity index (χ3v) is 4.34. The van der Waals surface area contributed by atoms with E-state index in [0.29, 0.717) is 38.1 Å². The molecule has 0 radical (unpaired) electrons. The lowest BCUT2D eigenvalue weighted by Gasteiger charge is -2.27. The van der Waals surface area contributed by atoms with E-state index in [4.69, 9.17) is 0 Å². The van der Waals surface area contributed by atoms with Crippen LogP contribution in [0.3, 0.4) is 0 Å². The van der Waals surface area contributed by atoms with E-state index in [1.807, 2.05) is 13.8 Å². The van der Waals surface area contributed by atoms with Crippen LogP contribution in [-0.2, 0) is 9.59 Å². The third-order valence-electron chi connectivity index (χ3n) is 4.34. The number of rotatable bonds is 5. The number of halogens is 2. The molecule has 6 heteroatoms. The zero-order valence-electron chi connectivity index (χ0n) is 14.1. The Balaban J connectivity index is 1.82. The lowest BCUT2D eigenvalue weighted by atomic mass is 9.81. The Morgan fingerprint density at radius 3 is 2.17 bits per heavy atom. The van der Waals surface area contributed by atoms with Crippen LogP contribution >= 0.6 is 0 Å². The lowest BCUT2D eigenvalue weighted by molar-refractivity contribution is -0.128. The molecule has 1 aromatic rings. The minimum Gasteiger partial charge on any atom is -0.356 e. The monoisotopic (exact) mass is 338 g/mol. The minimum atomic E-state index is -0.988. The van der Waals surface area contributed by atoms with E-state index in [0.717, 1.165) is 12.1 Å². The molecular formula is C18H24F2N2O2. The molecule has 1 aliphatic carbocycles. The first-order valence-corrected chi connectivity index (χ1v) is 8.40. The van der Waals surface area contributed by atoms with E-state index in [1.54, 1.807) is 0 Å². The molecule has 1 fully saturated rings. The van der Waals surface area contributed by atoms with E-state index < -0.39 is 11.6 Å². The summed E-state index contributed by atoms with van der Waals surface area (Å²) in [6.07, 6.45) is 2.57. The van der Waals surface area contributed by atoms with Crippen LogP contribution in [0, 0.1) is 29.4 Å². The van der Waals surface area contributed by atoms with Crippen molar-refractivity contribution in [3.8, 4) is 0 Å². The van der Waals surface area contributed by atoms with Crippen molar-refractivity contribution in [3.05, 3.63) is 29.8 Å². The predicted octanol–water partition coefficient (Wildman–Crippen LogP) is 3.48. The molecule has 0 saturated heterocycles. The Hall–Kier alpha value is -1.98. The highest BCUT2D eigenvalue weighted by atomic mass is 19.2. The summed E-state index contributed by atoms with van der Waals surface area (Å²) in [5, 5.41) is 5.55. The standard InChI is InChI=1S/C18H24F2N2O2/c1-11(2)10-21-17(23)12-3-5-13(6-4-12)18(24)22-14-7-8-15(19)16(20)9-14/h7-9,11-13H,3-6,10H2,1-2H3,(H,21,23)(H,22,24). The molecule has 2 N–H and O–H groups in total. The maximum Gasteiger partial charge on any atom is 0.227 e. The highest BCUT2D eigenvalue weighted by molar-refractivity contribution is 5.92. The van der Waals surface area contributed by atoms with E-state index >= 15 is 0 Å². The van der Waals surface area contributed by atoms with Gasteiger partial charge in [-0.1, -0.05) is 13.8 Å². The number of hydrogen-bond donors (Lipinski definition) is 2. The number of nitrogens with one attached hydrogen (secondary N) is 2. The first kappa shape index (κ1) is 18.4. The largest absolute Gasteiger partial charge is 0.356 e. The first-order chi connectivity index (χ1) is 11.4. The maximum absolute atomic E-state index is 13.2. The summed E-state index contributed by atoms with van der Waals surface area (Å²) in [4.78, 5) is 24.3. The van der Waals surface area contributed by atoms with Crippen molar-refractivity contribution in [2.75, 3.05) is 11.9 Å². The molecule has 0 bridgehead atoms. The van der Waals surface area contributed by atoms with Crippen LogP contribution in [0.25, 0.3) is 0 Å². The molecule has 0 unspecified atom stereocenters. The van der Waals surface area contributed by atoms with Gasteiger partial charge in [0.2, 0.25) is 11.8 Å². The van der Waals surface area contributed by atoms with E-state index in [-0.39, 0.29) is 29.3 Å². The molecule has 4 nitrogen and oxygen atoms in total. The SMILES string of the molecule is CC(C)CNC(=O)C1CCC(C(=O)Nc2ccc(F)c(F)c2)CC1. The van der Waals surface area contributed by atoms with Gasteiger partial charge in [0.05, 0.1) is 0 Å². The van der Waals surface area contributed by atoms with Crippen LogP contribution in [0.2, 0.25) is 0 Å². The van der Waals surface area contributed by atoms with Gasteiger partial charge in [-0.3, -0.25) is 9.59 Å². The molecule has 0 spiro atoms. The number of carbonyl (C=O) groups is 2. The molecule has 2 amide bonds. The average molecular weight is 338 g/mol. The van der Waals surface area contributed by atoms with E-state index in [9.17, 15) is 18.4 Å². The van der Waals surface area contributed by atoms with Crippen LogP contribution in [0.1, 0.15) is 39.5 Å². The number of hydrogen-bond acceptors (Lipinski definition) is 2. The molecule has 0 aromatic heterocycles. The third kappa shape index (κ3) is 5.01. The van der Waals surface area contributed by atoms with Crippen LogP contribution < -0.4 is 10.6 Å². The summed E-state index contributed by atoms with van der Waals surface area (Å²) in [5.41, 5.74) is 0.246. The van der Waals surface area contributed by atoms with Crippen LogP contribution in [0.4, 0.5) is 14.5 Å². The van der Waals surface area contributed by atoms with Crippen molar-refractivity contribution < 1.29 is 18.4 Å². The fourth-order valence-corrected chi connectivity index (χ4v) is 2.89. The fraction of sp³-hybridized carbons (Fsp3) is 0.556. The van der Waals surface area contributed by atoms with E-state index in [2.05, 4.69) is 10.6 Å². The smallest absolute Gasteiger partial charge is 0.227 e. The molecule has 0 heterocycles. The Labute approximate surface area is 141 Å². The van der Waals surface area contributed by atoms with Gasteiger partial charge < -0.3 is 10.6 Å². The summed E-state index contributed by atoms with van der Waals surface area (Å²) in [5.74, 6) is -1.92. The Kier molecular flexibility index (Phi) is 6.29. The number of amides is 2. The fourth-order valence-electron chi connectivity index (χ4n) is 2.89. The second kappa shape index (κ2) is 8.22. The zero-order valence-corrected chi connectivity index (χ0v) is 14.1. The number of anilines is 1. The van der Waals surface area contributed by atoms with E-state index in [1.165, 1.54) is 6.07 Å². The quantitative estimate of drug-likeness (QED) is 0.863. The Morgan fingerprint density at radius 1 is 1.04 bits per heavy atom. The summed E-state index contributed by atoms with van der Waals surface area (Å²) in [6, 6.07) is 3.29. The molecule has 0 aliphatic heterocycles. The summed E-state index contributed by atoms with van der Waals surface area (Å²) >= 11 is 0. The normalized spacial score (nSPS) is 20.7. The molecule has 132 valence electrons. The summed E-state index contributed by atoms with van der Waals surface area (Å²) in [6.45, 7) is 4.75. The van der Waals surface area contributed by atoms with Crippen molar-refractivity contribution >= 4 is 17.5 Å². The molecule has 1 aliphatic rings. The average Bonchev–Trinajstić information content (AvgIpc) is 2.56. The van der Waals surface area contributed by atoms with Gasteiger partial charge in [0.15, 0.2) is 11.6 Å². The second-order valence-electron chi connectivity index (χ2n) is 6.81. The van der Waals surface area contributed by atoms with Gasteiger partial charge in [-0.25, -0.2) is 8.78 Å². The van der Waals surface area contributed by atoms with Crippen molar-refractivity contribution in [1.82, 2.24) is 5.32 Å². The van der Waals surface area contributed by atoms with Gasteiger partial charge >= 0.3 is 0 Å². The molecule has 1 saturated carbocycles. The highest BCUT2D eigenvalue weighted by Gasteiger charge is 2.30. The first-order valence-electron chi connectivity index (χ1n) is 8.40. The summed E-state index contributed by atoms with van der Waals surface area (Å²) in [7, 11) is 0. The van der Waals surface area contributed by atoms with Gasteiger partial charge in [-0.15, -0.1) is 0 Å². The van der Waals surface area contributed by atoms with Gasteiger partial charge in [0.25, 0.3) is 0 Å². The van der Waals surface area contributed by atoms with Crippen LogP contribution in [0.15, 0.2) is 18.2 Å². The van der Waals surface area contributed by atoms with Gasteiger partial charge in [0.1, 0.15) is 0 Å².